The van der Waals surface area contributed by atoms with Crippen LogP contribution in [0.3, 0.4) is 0 Å². The summed E-state index contributed by atoms with van der Waals surface area (Å²) in [4.78, 5) is 12.7. The van der Waals surface area contributed by atoms with Gasteiger partial charge in [-0.3, -0.25) is 4.79 Å². The molecule has 0 saturated carbocycles. The van der Waals surface area contributed by atoms with Crippen LogP contribution < -0.4 is 15.8 Å². The highest BCUT2D eigenvalue weighted by molar-refractivity contribution is 6.33. The molecular weight excluding hydrogens is 328 g/mol. The van der Waals surface area contributed by atoms with Gasteiger partial charge in [-0.15, -0.1) is 0 Å². The molecule has 2 unspecified atom stereocenters. The zero-order chi connectivity index (χ0) is 17.1. The zero-order valence-corrected chi connectivity index (χ0v) is 14.0. The Morgan fingerprint density at radius 1 is 1.33 bits per heavy atom. The molecule has 0 bridgehead atoms. The first-order chi connectivity index (χ1) is 11.6. The van der Waals surface area contributed by atoms with Crippen LogP contribution in [0.4, 0.5) is 5.69 Å². The van der Waals surface area contributed by atoms with Crippen LogP contribution in [0, 0.1) is 0 Å². The van der Waals surface area contributed by atoms with E-state index in [1.54, 1.807) is 6.07 Å². The minimum absolute atomic E-state index is 0.110. The Kier molecular flexibility index (Phi) is 4.92. The first kappa shape index (κ1) is 16.6. The molecule has 2 atom stereocenters. The lowest BCUT2D eigenvalue weighted by Crippen LogP contribution is -2.37. The summed E-state index contributed by atoms with van der Waals surface area (Å²) in [6.07, 6.45) is 0.585. The summed E-state index contributed by atoms with van der Waals surface area (Å²) >= 11 is 6.04. The number of nitrogen functional groups attached to an aromatic ring is 1. The number of benzene rings is 2. The Balaban J connectivity index is 1.81. The lowest BCUT2D eigenvalue weighted by molar-refractivity contribution is 0.0819. The van der Waals surface area contributed by atoms with Crippen molar-refractivity contribution in [2.75, 3.05) is 19.5 Å². The van der Waals surface area contributed by atoms with Gasteiger partial charge in [-0.2, -0.15) is 0 Å². The van der Waals surface area contributed by atoms with E-state index >= 15 is 0 Å². The molecule has 24 heavy (non-hydrogen) atoms. The second-order valence-corrected chi connectivity index (χ2v) is 6.05. The van der Waals surface area contributed by atoms with Gasteiger partial charge in [0.15, 0.2) is 0 Å². The van der Waals surface area contributed by atoms with Gasteiger partial charge in [0.2, 0.25) is 0 Å². The Morgan fingerprint density at radius 2 is 2.08 bits per heavy atom. The highest BCUT2D eigenvalue weighted by atomic mass is 35.5. The average molecular weight is 347 g/mol. The van der Waals surface area contributed by atoms with Crippen molar-refractivity contribution in [3.05, 3.63) is 58.6 Å². The van der Waals surface area contributed by atoms with Gasteiger partial charge in [-0.25, -0.2) is 0 Å². The largest absolute Gasteiger partial charge is 0.496 e. The molecule has 0 radical (unpaired) electrons. The van der Waals surface area contributed by atoms with Crippen LogP contribution >= 0.6 is 11.6 Å². The highest BCUT2D eigenvalue weighted by Gasteiger charge is 2.31. The maximum atomic E-state index is 12.7. The van der Waals surface area contributed by atoms with Crippen LogP contribution in [0.5, 0.6) is 5.75 Å². The number of carbonyl (C=O) groups excluding carboxylic acids is 1. The van der Waals surface area contributed by atoms with E-state index in [2.05, 4.69) is 5.32 Å². The third-order valence-electron chi connectivity index (χ3n) is 4.10. The molecule has 0 aromatic heterocycles. The van der Waals surface area contributed by atoms with Gasteiger partial charge in [0.1, 0.15) is 11.9 Å². The van der Waals surface area contributed by atoms with E-state index in [4.69, 9.17) is 26.8 Å². The fraction of sp³-hybridized carbons (Fsp3) is 0.278. The fourth-order valence-corrected chi connectivity index (χ4v) is 3.03. The summed E-state index contributed by atoms with van der Waals surface area (Å²) in [5, 5.41) is 3.34. The molecular formula is C18H19ClN2O3. The monoisotopic (exact) mass is 346 g/mol. The number of anilines is 1. The van der Waals surface area contributed by atoms with Crippen molar-refractivity contribution >= 4 is 23.2 Å². The van der Waals surface area contributed by atoms with E-state index in [0.717, 1.165) is 12.0 Å². The fourth-order valence-electron chi connectivity index (χ4n) is 2.87. The van der Waals surface area contributed by atoms with Gasteiger partial charge in [-0.05, 0) is 18.1 Å². The van der Waals surface area contributed by atoms with Crippen LogP contribution in [0.25, 0.3) is 0 Å². The molecule has 1 saturated heterocycles. The molecule has 3 rings (SSSR count). The van der Waals surface area contributed by atoms with E-state index in [1.807, 2.05) is 30.3 Å². The topological polar surface area (TPSA) is 73.6 Å². The number of rotatable bonds is 4. The average Bonchev–Trinajstić information content (AvgIpc) is 3.05. The molecule has 1 amide bonds. The number of nitrogens with two attached hydrogens (primary N) is 1. The number of carbonyl (C=O) groups is 1. The van der Waals surface area contributed by atoms with Crippen LogP contribution in [0.2, 0.25) is 5.02 Å². The zero-order valence-electron chi connectivity index (χ0n) is 13.3. The summed E-state index contributed by atoms with van der Waals surface area (Å²) in [6, 6.07) is 12.8. The molecule has 126 valence electrons. The number of hydrogen-bond acceptors (Lipinski definition) is 4. The SMILES string of the molecule is COc1cc(N)c(Cl)cc1C(=O)NC1CCOC1c1ccccc1. The summed E-state index contributed by atoms with van der Waals surface area (Å²) in [6.45, 7) is 0.601. The second-order valence-electron chi connectivity index (χ2n) is 5.64. The number of halogens is 1. The van der Waals surface area contributed by atoms with Gasteiger partial charge in [-0.1, -0.05) is 41.9 Å². The van der Waals surface area contributed by atoms with E-state index in [-0.39, 0.29) is 18.1 Å². The van der Waals surface area contributed by atoms with Crippen molar-refractivity contribution in [1.82, 2.24) is 5.32 Å². The maximum Gasteiger partial charge on any atom is 0.255 e. The molecule has 1 aliphatic heterocycles. The molecule has 1 heterocycles. The molecule has 3 N–H and O–H groups in total. The van der Waals surface area contributed by atoms with Crippen molar-refractivity contribution in [1.29, 1.82) is 0 Å². The quantitative estimate of drug-likeness (QED) is 0.834. The predicted molar refractivity (Wildman–Crippen MR) is 93.4 cm³/mol. The van der Waals surface area contributed by atoms with Crippen molar-refractivity contribution in [2.45, 2.75) is 18.6 Å². The molecule has 2 aromatic rings. The molecule has 5 nitrogen and oxygen atoms in total. The normalized spacial score (nSPS) is 19.9. The number of methoxy groups -OCH3 is 1. The van der Waals surface area contributed by atoms with Crippen LogP contribution in [0.15, 0.2) is 42.5 Å². The third-order valence-corrected chi connectivity index (χ3v) is 4.43. The number of nitrogens with one attached hydrogen (secondary N) is 1. The Hall–Kier alpha value is -2.24. The first-order valence-corrected chi connectivity index (χ1v) is 8.08. The number of hydrogen-bond donors (Lipinski definition) is 2. The second kappa shape index (κ2) is 7.11. The summed E-state index contributed by atoms with van der Waals surface area (Å²) in [5.74, 6) is 0.134. The van der Waals surface area contributed by atoms with E-state index in [0.29, 0.717) is 28.6 Å². The molecule has 1 aliphatic rings. The minimum Gasteiger partial charge on any atom is -0.496 e. The number of amides is 1. The molecule has 0 spiro atoms. The standard InChI is InChI=1S/C18H19ClN2O3/c1-23-16-10-14(20)13(19)9-12(16)18(22)21-15-7-8-24-17(15)11-5-3-2-4-6-11/h2-6,9-10,15,17H,7-8,20H2,1H3,(H,21,22). The Bertz CT molecular complexity index is 737. The Labute approximate surface area is 145 Å². The van der Waals surface area contributed by atoms with E-state index in [1.165, 1.54) is 13.2 Å². The summed E-state index contributed by atoms with van der Waals surface area (Å²) < 4.78 is 11.0. The number of ether oxygens (including phenoxy) is 2. The Morgan fingerprint density at radius 3 is 2.79 bits per heavy atom. The minimum atomic E-state index is -0.259. The van der Waals surface area contributed by atoms with Crippen LogP contribution in [-0.2, 0) is 4.74 Å². The smallest absolute Gasteiger partial charge is 0.255 e. The predicted octanol–water partition coefficient (Wildman–Crippen LogP) is 3.19. The van der Waals surface area contributed by atoms with Crippen LogP contribution in [0.1, 0.15) is 28.4 Å². The maximum absolute atomic E-state index is 12.7. The first-order valence-electron chi connectivity index (χ1n) is 7.70. The third kappa shape index (κ3) is 3.32. The summed E-state index contributed by atoms with van der Waals surface area (Å²) in [7, 11) is 1.49. The van der Waals surface area contributed by atoms with Gasteiger partial charge < -0.3 is 20.5 Å². The van der Waals surface area contributed by atoms with E-state index < -0.39 is 0 Å². The van der Waals surface area contributed by atoms with Crippen molar-refractivity contribution in [3.8, 4) is 5.75 Å². The lowest BCUT2D eigenvalue weighted by Gasteiger charge is -2.21. The van der Waals surface area contributed by atoms with Crippen LogP contribution in [-0.4, -0.2) is 25.7 Å². The summed E-state index contributed by atoms with van der Waals surface area (Å²) in [5.41, 5.74) is 7.54. The molecule has 1 fully saturated rings. The van der Waals surface area contributed by atoms with Crippen molar-refractivity contribution in [3.63, 3.8) is 0 Å². The van der Waals surface area contributed by atoms with Gasteiger partial charge in [0.05, 0.1) is 29.4 Å². The molecule has 2 aromatic carbocycles. The molecule has 0 aliphatic carbocycles. The van der Waals surface area contributed by atoms with Crippen molar-refractivity contribution < 1.29 is 14.3 Å². The van der Waals surface area contributed by atoms with Gasteiger partial charge in [0.25, 0.3) is 5.91 Å². The highest BCUT2D eigenvalue weighted by Crippen LogP contribution is 2.31. The van der Waals surface area contributed by atoms with E-state index in [9.17, 15) is 4.79 Å². The van der Waals surface area contributed by atoms with Gasteiger partial charge in [0, 0.05) is 12.7 Å². The van der Waals surface area contributed by atoms with Gasteiger partial charge >= 0.3 is 0 Å². The lowest BCUT2D eigenvalue weighted by atomic mass is 10.0. The molecule has 6 heteroatoms. The van der Waals surface area contributed by atoms with Crippen molar-refractivity contribution in [2.24, 2.45) is 0 Å².